The molecule has 5 rings (SSSR count). The van der Waals surface area contributed by atoms with Crippen LogP contribution in [0.5, 0.6) is 0 Å². The first-order valence-corrected chi connectivity index (χ1v) is 8.99. The van der Waals surface area contributed by atoms with Gasteiger partial charge in [-0.05, 0) is 37.0 Å². The lowest BCUT2D eigenvalue weighted by molar-refractivity contribution is 0.102. The fourth-order valence-corrected chi connectivity index (χ4v) is 3.06. The molecule has 0 aromatic carbocycles. The summed E-state index contributed by atoms with van der Waals surface area (Å²) in [7, 11) is 1.86. The average molecular weight is 408 g/mol. The number of aryl methyl sites for hydroxylation is 1. The molecule has 0 saturated carbocycles. The van der Waals surface area contributed by atoms with Gasteiger partial charge in [-0.3, -0.25) is 9.78 Å². The number of hydrogen-bond donors (Lipinski definition) is 1. The first-order valence-electron chi connectivity index (χ1n) is 13.0. The van der Waals surface area contributed by atoms with Crippen LogP contribution in [0.3, 0.4) is 0 Å². The fourth-order valence-electron chi connectivity index (χ4n) is 3.06. The van der Waals surface area contributed by atoms with E-state index in [1.165, 1.54) is 12.3 Å². The number of hydrogen-bond acceptors (Lipinski definition) is 6. The second-order valence-corrected chi connectivity index (χ2v) is 6.54. The minimum atomic E-state index is -3.22. The van der Waals surface area contributed by atoms with Gasteiger partial charge in [0, 0.05) is 59.9 Å². The van der Waals surface area contributed by atoms with Gasteiger partial charge in [-0.15, -0.1) is 0 Å². The van der Waals surface area contributed by atoms with Gasteiger partial charge in [-0.2, -0.15) is 0 Å². The number of carbonyl (C=O) groups is 1. The number of carbonyl (C=O) groups excluding carboxylic acids is 1. The molecule has 0 bridgehead atoms. The maximum atomic E-state index is 13.0. The molecule has 4 aromatic rings. The first kappa shape index (κ1) is 11.4. The SMILES string of the molecule is [2H]C1([2H])N(c2cc(C(=O)Nc3cc4cc(-c5cncn5C)cnc4cn3)ccn2)C([2H])([2H])C([2H])([2H])C1([2H])[2H]. The Hall–Kier alpha value is -3.81. The van der Waals surface area contributed by atoms with Gasteiger partial charge in [0.15, 0.2) is 0 Å². The normalized spacial score (nSPS) is 24.4. The zero-order valence-corrected chi connectivity index (χ0v) is 15.8. The summed E-state index contributed by atoms with van der Waals surface area (Å²) in [6.45, 7) is -6.22. The highest BCUT2D eigenvalue weighted by Crippen LogP contribution is 2.24. The number of rotatable bonds is 4. The van der Waals surface area contributed by atoms with Gasteiger partial charge in [0.1, 0.15) is 11.6 Å². The molecule has 1 aliphatic rings. The molecule has 5 heterocycles. The molecular formula is C22H21N7O. The Bertz CT molecular complexity index is 1550. The molecule has 4 aromatic heterocycles. The largest absolute Gasteiger partial charge is 0.357 e. The number of pyridine rings is 3. The minimum Gasteiger partial charge on any atom is -0.357 e. The Kier molecular flexibility index (Phi) is 2.87. The summed E-state index contributed by atoms with van der Waals surface area (Å²) >= 11 is 0. The van der Waals surface area contributed by atoms with Crippen molar-refractivity contribution in [3.63, 3.8) is 0 Å². The maximum Gasteiger partial charge on any atom is 0.257 e. The summed E-state index contributed by atoms with van der Waals surface area (Å²) in [4.78, 5) is 30.0. The Balaban J connectivity index is 1.45. The summed E-state index contributed by atoms with van der Waals surface area (Å²) in [5.74, 6) is -0.902. The lowest BCUT2D eigenvalue weighted by Crippen LogP contribution is -2.20. The van der Waals surface area contributed by atoms with Gasteiger partial charge < -0.3 is 14.8 Å². The third-order valence-electron chi connectivity index (χ3n) is 4.56. The molecule has 1 fully saturated rings. The standard InChI is InChI=1S/C22H21N7O/c1-28-14-23-13-19(28)17-8-16-9-20(26-12-18(16)25-11-17)27-22(30)15-4-5-24-21(10-15)29-6-2-3-7-29/h4-5,8-14H,2-3,6-7H2,1H3,(H,26,27,30)/i2D2,3D2,6D2,7D2. The van der Waals surface area contributed by atoms with Crippen LogP contribution in [-0.2, 0) is 7.05 Å². The molecule has 1 aliphatic heterocycles. The Morgan fingerprint density at radius 3 is 2.77 bits per heavy atom. The van der Waals surface area contributed by atoms with E-state index in [4.69, 9.17) is 11.0 Å². The quantitative estimate of drug-likeness (QED) is 0.558. The van der Waals surface area contributed by atoms with Crippen molar-refractivity contribution >= 4 is 28.4 Å². The van der Waals surface area contributed by atoms with Crippen LogP contribution < -0.4 is 10.2 Å². The van der Waals surface area contributed by atoms with Crippen LogP contribution in [0, 0.1) is 0 Å². The van der Waals surface area contributed by atoms with Crippen LogP contribution in [-0.4, -0.2) is 43.4 Å². The summed E-state index contributed by atoms with van der Waals surface area (Å²) in [6, 6.07) is 5.89. The van der Waals surface area contributed by atoms with Gasteiger partial charge in [-0.1, -0.05) is 0 Å². The summed E-state index contributed by atoms with van der Waals surface area (Å²) in [5.41, 5.74) is 2.22. The molecule has 0 atom stereocenters. The third-order valence-corrected chi connectivity index (χ3v) is 4.56. The van der Waals surface area contributed by atoms with Crippen LogP contribution in [0.15, 0.2) is 55.4 Å². The molecular weight excluding hydrogens is 378 g/mol. The smallest absolute Gasteiger partial charge is 0.257 e. The van der Waals surface area contributed by atoms with E-state index >= 15 is 0 Å². The second-order valence-electron chi connectivity index (χ2n) is 6.54. The average Bonchev–Trinajstić information content (AvgIpc) is 3.31. The second kappa shape index (κ2) is 7.55. The molecule has 1 saturated heterocycles. The van der Waals surface area contributed by atoms with Crippen LogP contribution in [0.2, 0.25) is 0 Å². The van der Waals surface area contributed by atoms with Crippen LogP contribution in [0.25, 0.3) is 22.2 Å². The topological polar surface area (TPSA) is 88.8 Å². The molecule has 1 N–H and O–H groups in total. The van der Waals surface area contributed by atoms with Crippen LogP contribution in [0.1, 0.15) is 34.1 Å². The molecule has 0 unspecified atom stereocenters. The van der Waals surface area contributed by atoms with E-state index < -0.39 is 37.5 Å². The van der Waals surface area contributed by atoms with Gasteiger partial charge in [0.25, 0.3) is 5.91 Å². The Morgan fingerprint density at radius 1 is 1.10 bits per heavy atom. The van der Waals surface area contributed by atoms with E-state index in [1.807, 2.05) is 17.7 Å². The lowest BCUT2D eigenvalue weighted by atomic mass is 10.1. The van der Waals surface area contributed by atoms with Crippen molar-refractivity contribution in [1.82, 2.24) is 24.5 Å². The van der Waals surface area contributed by atoms with Crippen molar-refractivity contribution in [2.24, 2.45) is 7.05 Å². The molecule has 8 nitrogen and oxygen atoms in total. The molecule has 0 aliphatic carbocycles. The molecule has 0 spiro atoms. The monoisotopic (exact) mass is 407 g/mol. The third kappa shape index (κ3) is 3.47. The van der Waals surface area contributed by atoms with Gasteiger partial charge in [0.2, 0.25) is 0 Å². The fraction of sp³-hybridized carbons (Fsp3) is 0.227. The first-order chi connectivity index (χ1) is 17.7. The number of amides is 1. The molecule has 8 heteroatoms. The van der Waals surface area contributed by atoms with Gasteiger partial charge in [-0.25, -0.2) is 15.0 Å². The number of anilines is 2. The van der Waals surface area contributed by atoms with Gasteiger partial charge >= 0.3 is 0 Å². The zero-order chi connectivity index (χ0) is 27.7. The summed E-state index contributed by atoms with van der Waals surface area (Å²) < 4.78 is 66.4. The Labute approximate surface area is 184 Å². The number of nitrogens with zero attached hydrogens (tertiary/aromatic N) is 6. The lowest BCUT2D eigenvalue weighted by Gasteiger charge is -2.16. The van der Waals surface area contributed by atoms with E-state index in [-0.39, 0.29) is 11.4 Å². The van der Waals surface area contributed by atoms with Crippen molar-refractivity contribution in [3.05, 3.63) is 60.9 Å². The van der Waals surface area contributed by atoms with Gasteiger partial charge in [0.05, 0.1) is 29.9 Å². The maximum absolute atomic E-state index is 13.0. The highest BCUT2D eigenvalue weighted by molar-refractivity contribution is 6.04. The van der Waals surface area contributed by atoms with Crippen molar-refractivity contribution in [3.8, 4) is 11.3 Å². The molecule has 30 heavy (non-hydrogen) atoms. The Morgan fingerprint density at radius 2 is 1.97 bits per heavy atom. The van der Waals surface area contributed by atoms with Crippen molar-refractivity contribution in [1.29, 1.82) is 0 Å². The van der Waals surface area contributed by atoms with E-state index in [2.05, 4.69) is 25.3 Å². The van der Waals surface area contributed by atoms with Crippen molar-refractivity contribution in [2.75, 3.05) is 23.2 Å². The van der Waals surface area contributed by atoms with E-state index in [9.17, 15) is 4.79 Å². The molecule has 0 radical (unpaired) electrons. The highest BCUT2D eigenvalue weighted by Gasteiger charge is 2.16. The number of nitrogens with one attached hydrogen (secondary N) is 1. The highest BCUT2D eigenvalue weighted by atomic mass is 16.1. The predicted octanol–water partition coefficient (Wildman–Crippen LogP) is 3.28. The number of aromatic nitrogens is 5. The van der Waals surface area contributed by atoms with E-state index in [1.54, 1.807) is 24.8 Å². The van der Waals surface area contributed by atoms with Crippen molar-refractivity contribution in [2.45, 2.75) is 12.7 Å². The molecule has 1 amide bonds. The van der Waals surface area contributed by atoms with E-state index in [0.717, 1.165) is 23.5 Å². The van der Waals surface area contributed by atoms with E-state index in [0.29, 0.717) is 15.8 Å². The van der Waals surface area contributed by atoms with Crippen LogP contribution >= 0.6 is 0 Å². The predicted molar refractivity (Wildman–Crippen MR) is 115 cm³/mol. The minimum absolute atomic E-state index is 0.0433. The zero-order valence-electron chi connectivity index (χ0n) is 23.8. The van der Waals surface area contributed by atoms with Crippen molar-refractivity contribution < 1.29 is 15.8 Å². The summed E-state index contributed by atoms with van der Waals surface area (Å²) in [6.07, 6.45) is 1.25. The summed E-state index contributed by atoms with van der Waals surface area (Å²) in [5, 5.41) is 3.33. The van der Waals surface area contributed by atoms with Crippen LogP contribution in [0.4, 0.5) is 11.6 Å². The number of imidazole rings is 1. The number of fused-ring (bicyclic) bond motifs is 1. The molecule has 150 valence electrons.